The van der Waals surface area contributed by atoms with E-state index in [-0.39, 0.29) is 0 Å². The van der Waals surface area contributed by atoms with Gasteiger partial charge in [0, 0.05) is 20.1 Å². The zero-order valence-electron chi connectivity index (χ0n) is 11.8. The van der Waals surface area contributed by atoms with Crippen LogP contribution in [0.25, 0.3) is 0 Å². The number of anilines is 2. The van der Waals surface area contributed by atoms with Crippen molar-refractivity contribution in [2.45, 2.75) is 19.9 Å². The third-order valence-corrected chi connectivity index (χ3v) is 3.67. The standard InChI is InChI=1S/C15H19BrN4/c1-3-9-17-14-13(16)15(19-11-18-14)20(2)10-12-7-5-4-6-8-12/h4-8,11H,3,9-10H2,1-2H3,(H,17,18,19). The van der Waals surface area contributed by atoms with Gasteiger partial charge in [-0.3, -0.25) is 0 Å². The number of rotatable bonds is 6. The van der Waals surface area contributed by atoms with E-state index in [4.69, 9.17) is 0 Å². The van der Waals surface area contributed by atoms with Gasteiger partial charge in [-0.05, 0) is 27.9 Å². The van der Waals surface area contributed by atoms with Crippen molar-refractivity contribution in [2.24, 2.45) is 0 Å². The van der Waals surface area contributed by atoms with Gasteiger partial charge < -0.3 is 10.2 Å². The quantitative estimate of drug-likeness (QED) is 0.874. The lowest BCUT2D eigenvalue weighted by Gasteiger charge is -2.20. The van der Waals surface area contributed by atoms with Gasteiger partial charge in [0.05, 0.1) is 0 Å². The molecule has 1 N–H and O–H groups in total. The van der Waals surface area contributed by atoms with Gasteiger partial charge in [0.15, 0.2) is 0 Å². The molecule has 0 aliphatic heterocycles. The molecule has 2 rings (SSSR count). The van der Waals surface area contributed by atoms with Crippen molar-refractivity contribution in [1.82, 2.24) is 9.97 Å². The molecule has 0 fully saturated rings. The summed E-state index contributed by atoms with van der Waals surface area (Å²) in [6.45, 7) is 3.84. The Bertz CT molecular complexity index is 545. The van der Waals surface area contributed by atoms with Gasteiger partial charge in [-0.25, -0.2) is 9.97 Å². The molecule has 1 aromatic heterocycles. The van der Waals surface area contributed by atoms with Crippen molar-refractivity contribution in [1.29, 1.82) is 0 Å². The second-order valence-electron chi connectivity index (χ2n) is 4.63. The first-order valence-electron chi connectivity index (χ1n) is 6.71. The Morgan fingerprint density at radius 3 is 2.65 bits per heavy atom. The van der Waals surface area contributed by atoms with E-state index >= 15 is 0 Å². The minimum absolute atomic E-state index is 0.809. The average molecular weight is 335 g/mol. The highest BCUT2D eigenvalue weighted by molar-refractivity contribution is 9.10. The smallest absolute Gasteiger partial charge is 0.148 e. The molecule has 1 aromatic carbocycles. The fraction of sp³-hybridized carbons (Fsp3) is 0.333. The topological polar surface area (TPSA) is 41.1 Å². The summed E-state index contributed by atoms with van der Waals surface area (Å²) >= 11 is 3.60. The highest BCUT2D eigenvalue weighted by atomic mass is 79.9. The number of halogens is 1. The highest BCUT2D eigenvalue weighted by Crippen LogP contribution is 2.29. The molecule has 0 saturated carbocycles. The Hall–Kier alpha value is -1.62. The maximum absolute atomic E-state index is 4.37. The van der Waals surface area contributed by atoms with Crippen LogP contribution in [-0.2, 0) is 6.54 Å². The second-order valence-corrected chi connectivity index (χ2v) is 5.42. The van der Waals surface area contributed by atoms with Crippen LogP contribution in [0.3, 0.4) is 0 Å². The summed E-state index contributed by atoms with van der Waals surface area (Å²) in [5.74, 6) is 1.74. The molecule has 0 aliphatic rings. The molecule has 1 heterocycles. The maximum atomic E-state index is 4.37. The fourth-order valence-electron chi connectivity index (χ4n) is 1.93. The maximum Gasteiger partial charge on any atom is 0.148 e. The van der Waals surface area contributed by atoms with Crippen LogP contribution in [0.4, 0.5) is 11.6 Å². The molecule has 0 amide bonds. The number of aromatic nitrogens is 2. The van der Waals surface area contributed by atoms with Gasteiger partial charge >= 0.3 is 0 Å². The summed E-state index contributed by atoms with van der Waals surface area (Å²) in [5, 5.41) is 3.30. The molecule has 20 heavy (non-hydrogen) atoms. The van der Waals surface area contributed by atoms with Crippen LogP contribution in [0, 0.1) is 0 Å². The third-order valence-electron chi connectivity index (χ3n) is 2.94. The van der Waals surface area contributed by atoms with Crippen LogP contribution in [-0.4, -0.2) is 23.6 Å². The molecule has 0 bridgehead atoms. The van der Waals surface area contributed by atoms with Crippen LogP contribution in [0.5, 0.6) is 0 Å². The number of hydrogen-bond acceptors (Lipinski definition) is 4. The van der Waals surface area contributed by atoms with Crippen LogP contribution in [0.2, 0.25) is 0 Å². The van der Waals surface area contributed by atoms with Crippen molar-refractivity contribution in [3.05, 3.63) is 46.7 Å². The summed E-state index contributed by atoms with van der Waals surface area (Å²) < 4.78 is 0.909. The van der Waals surface area contributed by atoms with Gasteiger partial charge in [0.1, 0.15) is 22.4 Å². The van der Waals surface area contributed by atoms with Crippen LogP contribution >= 0.6 is 15.9 Å². The minimum Gasteiger partial charge on any atom is -0.369 e. The molecule has 0 unspecified atom stereocenters. The molecule has 5 heteroatoms. The predicted molar refractivity (Wildman–Crippen MR) is 87.1 cm³/mol. The second kappa shape index (κ2) is 7.24. The molecule has 0 aliphatic carbocycles. The summed E-state index contributed by atoms with van der Waals surface area (Å²) in [5.41, 5.74) is 1.25. The van der Waals surface area contributed by atoms with Crippen molar-refractivity contribution in [2.75, 3.05) is 23.8 Å². The normalized spacial score (nSPS) is 10.3. The summed E-state index contributed by atoms with van der Waals surface area (Å²) in [7, 11) is 2.03. The van der Waals surface area contributed by atoms with E-state index in [1.54, 1.807) is 6.33 Å². The summed E-state index contributed by atoms with van der Waals surface area (Å²) in [6, 6.07) is 10.3. The van der Waals surface area contributed by atoms with E-state index in [2.05, 4.69) is 55.2 Å². The monoisotopic (exact) mass is 334 g/mol. The van der Waals surface area contributed by atoms with E-state index in [1.165, 1.54) is 5.56 Å². The van der Waals surface area contributed by atoms with Gasteiger partial charge in [-0.15, -0.1) is 0 Å². The Morgan fingerprint density at radius 1 is 1.20 bits per heavy atom. The molecule has 106 valence electrons. The molecule has 0 radical (unpaired) electrons. The zero-order valence-corrected chi connectivity index (χ0v) is 13.4. The van der Waals surface area contributed by atoms with Crippen molar-refractivity contribution < 1.29 is 0 Å². The van der Waals surface area contributed by atoms with E-state index in [1.807, 2.05) is 25.2 Å². The van der Waals surface area contributed by atoms with Crippen molar-refractivity contribution in [3.8, 4) is 0 Å². The first-order valence-corrected chi connectivity index (χ1v) is 7.51. The molecular formula is C15H19BrN4. The van der Waals surface area contributed by atoms with Gasteiger partial charge in [0.25, 0.3) is 0 Å². The van der Waals surface area contributed by atoms with Crippen LogP contribution in [0.15, 0.2) is 41.1 Å². The first kappa shape index (κ1) is 14.8. The van der Waals surface area contributed by atoms with E-state index in [0.29, 0.717) is 0 Å². The molecule has 0 atom stereocenters. The molecule has 2 aromatic rings. The minimum atomic E-state index is 0.809. The first-order chi connectivity index (χ1) is 9.72. The lowest BCUT2D eigenvalue weighted by atomic mass is 10.2. The largest absolute Gasteiger partial charge is 0.369 e. The van der Waals surface area contributed by atoms with Gasteiger partial charge in [-0.2, -0.15) is 0 Å². The van der Waals surface area contributed by atoms with E-state index in [9.17, 15) is 0 Å². The Kier molecular flexibility index (Phi) is 5.35. The average Bonchev–Trinajstić information content (AvgIpc) is 2.47. The lowest BCUT2D eigenvalue weighted by Crippen LogP contribution is -2.19. The van der Waals surface area contributed by atoms with Crippen molar-refractivity contribution >= 4 is 27.6 Å². The number of hydrogen-bond donors (Lipinski definition) is 1. The van der Waals surface area contributed by atoms with Gasteiger partial charge in [0.2, 0.25) is 0 Å². The van der Waals surface area contributed by atoms with Gasteiger partial charge in [-0.1, -0.05) is 37.3 Å². The number of benzene rings is 1. The molecule has 4 nitrogen and oxygen atoms in total. The van der Waals surface area contributed by atoms with E-state index < -0.39 is 0 Å². The van der Waals surface area contributed by atoms with Crippen molar-refractivity contribution in [3.63, 3.8) is 0 Å². The Balaban J connectivity index is 2.15. The molecule has 0 spiro atoms. The predicted octanol–water partition coefficient (Wildman–Crippen LogP) is 3.70. The lowest BCUT2D eigenvalue weighted by molar-refractivity contribution is 0.883. The number of nitrogens with one attached hydrogen (secondary N) is 1. The highest BCUT2D eigenvalue weighted by Gasteiger charge is 2.12. The van der Waals surface area contributed by atoms with Crippen LogP contribution < -0.4 is 10.2 Å². The SMILES string of the molecule is CCCNc1ncnc(N(C)Cc2ccccc2)c1Br. The summed E-state index contributed by atoms with van der Waals surface area (Å²) in [6.07, 6.45) is 2.66. The van der Waals surface area contributed by atoms with E-state index in [0.717, 1.165) is 35.6 Å². The molecule has 0 saturated heterocycles. The zero-order chi connectivity index (χ0) is 14.4. The summed E-state index contributed by atoms with van der Waals surface area (Å²) in [4.78, 5) is 10.8. The van der Waals surface area contributed by atoms with Crippen LogP contribution in [0.1, 0.15) is 18.9 Å². The fourth-order valence-corrected chi connectivity index (χ4v) is 2.57. The molecular weight excluding hydrogens is 316 g/mol. The Labute approximate surface area is 128 Å². The third kappa shape index (κ3) is 3.70. The number of nitrogens with zero attached hydrogens (tertiary/aromatic N) is 3. The Morgan fingerprint density at radius 2 is 1.95 bits per heavy atom.